The molecule has 0 unspecified atom stereocenters. The van der Waals surface area contributed by atoms with E-state index in [0.717, 1.165) is 6.26 Å². The molecular formula is C16H16N2O4S. The van der Waals surface area contributed by atoms with Crippen molar-refractivity contribution in [3.63, 3.8) is 0 Å². The van der Waals surface area contributed by atoms with E-state index < -0.39 is 15.7 Å². The van der Waals surface area contributed by atoms with Crippen LogP contribution in [0.5, 0.6) is 0 Å². The van der Waals surface area contributed by atoms with Crippen molar-refractivity contribution in [1.29, 1.82) is 0 Å². The average Bonchev–Trinajstić information content (AvgIpc) is 2.47. The van der Waals surface area contributed by atoms with E-state index in [0.29, 0.717) is 11.3 Å². The lowest BCUT2D eigenvalue weighted by Crippen LogP contribution is -2.19. The molecule has 0 heterocycles. The lowest BCUT2D eigenvalue weighted by molar-refractivity contribution is -0.115. The Morgan fingerprint density at radius 1 is 1.04 bits per heavy atom. The second kappa shape index (κ2) is 6.62. The van der Waals surface area contributed by atoms with Crippen LogP contribution in [0.25, 0.3) is 0 Å². The third-order valence-electron chi connectivity index (χ3n) is 3.18. The fraction of sp³-hybridized carbons (Fsp3) is 0.125. The molecule has 120 valence electrons. The van der Waals surface area contributed by atoms with E-state index in [4.69, 9.17) is 5.73 Å². The third kappa shape index (κ3) is 4.40. The van der Waals surface area contributed by atoms with Crippen LogP contribution in [-0.2, 0) is 21.1 Å². The molecule has 23 heavy (non-hydrogen) atoms. The fourth-order valence-electron chi connectivity index (χ4n) is 2.04. The molecule has 3 N–H and O–H groups in total. The van der Waals surface area contributed by atoms with Crippen LogP contribution in [0.2, 0.25) is 0 Å². The molecule has 2 amide bonds. The van der Waals surface area contributed by atoms with Crippen LogP contribution < -0.4 is 11.1 Å². The number of rotatable bonds is 5. The lowest BCUT2D eigenvalue weighted by Gasteiger charge is -2.09. The maximum Gasteiger partial charge on any atom is 0.250 e. The Balaban J connectivity index is 2.10. The van der Waals surface area contributed by atoms with E-state index in [2.05, 4.69) is 5.32 Å². The predicted octanol–water partition coefficient (Wildman–Crippen LogP) is 1.37. The number of amides is 2. The monoisotopic (exact) mass is 332 g/mol. The molecule has 0 spiro atoms. The number of nitrogens with one attached hydrogen (secondary N) is 1. The van der Waals surface area contributed by atoms with Crippen molar-refractivity contribution >= 4 is 27.3 Å². The third-order valence-corrected chi connectivity index (χ3v) is 4.31. The maximum atomic E-state index is 12.1. The highest BCUT2D eigenvalue weighted by Gasteiger charge is 2.11. The van der Waals surface area contributed by atoms with Gasteiger partial charge in [0.25, 0.3) is 5.91 Å². The summed E-state index contributed by atoms with van der Waals surface area (Å²) < 4.78 is 22.8. The molecule has 0 atom stereocenters. The first-order valence-corrected chi connectivity index (χ1v) is 8.64. The normalized spacial score (nSPS) is 11.0. The number of sulfone groups is 1. The average molecular weight is 332 g/mol. The quantitative estimate of drug-likeness (QED) is 0.862. The Morgan fingerprint density at radius 2 is 1.65 bits per heavy atom. The van der Waals surface area contributed by atoms with Crippen LogP contribution in [0.4, 0.5) is 5.69 Å². The smallest absolute Gasteiger partial charge is 0.250 e. The van der Waals surface area contributed by atoms with Crippen molar-refractivity contribution in [1.82, 2.24) is 0 Å². The summed E-state index contributed by atoms with van der Waals surface area (Å²) in [6.45, 7) is 0. The number of anilines is 1. The zero-order valence-corrected chi connectivity index (χ0v) is 13.3. The van der Waals surface area contributed by atoms with Crippen LogP contribution in [0, 0.1) is 0 Å². The molecule has 0 radical (unpaired) electrons. The van der Waals surface area contributed by atoms with Crippen molar-refractivity contribution in [3.8, 4) is 0 Å². The number of hydrogen-bond donors (Lipinski definition) is 2. The molecule has 0 aliphatic carbocycles. The Kier molecular flexibility index (Phi) is 4.80. The fourth-order valence-corrected chi connectivity index (χ4v) is 2.67. The van der Waals surface area contributed by atoms with Crippen molar-refractivity contribution in [3.05, 3.63) is 59.7 Å². The van der Waals surface area contributed by atoms with E-state index in [1.165, 1.54) is 18.2 Å². The standard InChI is InChI=1S/C16H16N2O4S/c1-23(21,22)12-8-6-11(7-9-12)10-15(19)18-14-5-3-2-4-13(14)16(17)20/h2-9H,10H2,1H3,(H2,17,20)(H,18,19). The second-order valence-electron chi connectivity index (χ2n) is 5.05. The zero-order chi connectivity index (χ0) is 17.0. The van der Waals surface area contributed by atoms with Gasteiger partial charge in [0.05, 0.1) is 22.6 Å². The molecule has 2 rings (SSSR count). The minimum atomic E-state index is -3.26. The molecule has 0 saturated heterocycles. The number of primary amides is 1. The van der Waals surface area contributed by atoms with Crippen molar-refractivity contribution in [2.45, 2.75) is 11.3 Å². The molecule has 0 aliphatic rings. The number of carbonyl (C=O) groups excluding carboxylic acids is 2. The van der Waals surface area contributed by atoms with Gasteiger partial charge in [0.1, 0.15) is 0 Å². The molecule has 0 fully saturated rings. The highest BCUT2D eigenvalue weighted by molar-refractivity contribution is 7.90. The summed E-state index contributed by atoms with van der Waals surface area (Å²) in [5.41, 5.74) is 6.49. The van der Waals surface area contributed by atoms with Crippen molar-refractivity contribution < 1.29 is 18.0 Å². The van der Waals surface area contributed by atoms with Gasteiger partial charge in [-0.05, 0) is 29.8 Å². The highest BCUT2D eigenvalue weighted by atomic mass is 32.2. The van der Waals surface area contributed by atoms with Crippen molar-refractivity contribution in [2.75, 3.05) is 11.6 Å². The Labute approximate surface area is 134 Å². The minimum absolute atomic E-state index is 0.0527. The van der Waals surface area contributed by atoms with Gasteiger partial charge in [-0.25, -0.2) is 8.42 Å². The summed E-state index contributed by atoms with van der Waals surface area (Å²) in [6, 6.07) is 12.5. The number of para-hydroxylation sites is 1. The second-order valence-corrected chi connectivity index (χ2v) is 7.07. The number of nitrogens with two attached hydrogens (primary N) is 1. The Morgan fingerprint density at radius 3 is 2.22 bits per heavy atom. The van der Waals surface area contributed by atoms with Crippen LogP contribution in [-0.4, -0.2) is 26.5 Å². The van der Waals surface area contributed by atoms with E-state index in [-0.39, 0.29) is 22.8 Å². The molecule has 2 aromatic carbocycles. The molecule has 2 aromatic rings. The maximum absolute atomic E-state index is 12.1. The minimum Gasteiger partial charge on any atom is -0.366 e. The first-order valence-electron chi connectivity index (χ1n) is 6.75. The van der Waals surface area contributed by atoms with E-state index in [9.17, 15) is 18.0 Å². The van der Waals surface area contributed by atoms with Crippen molar-refractivity contribution in [2.24, 2.45) is 5.73 Å². The van der Waals surface area contributed by atoms with Gasteiger partial charge in [0.15, 0.2) is 9.84 Å². The Bertz CT molecular complexity index is 843. The summed E-state index contributed by atoms with van der Waals surface area (Å²) in [7, 11) is -3.26. The molecule has 0 saturated carbocycles. The van der Waals surface area contributed by atoms with E-state index in [1.54, 1.807) is 30.3 Å². The predicted molar refractivity (Wildman–Crippen MR) is 86.8 cm³/mol. The first-order chi connectivity index (χ1) is 10.8. The van der Waals surface area contributed by atoms with Gasteiger partial charge in [-0.1, -0.05) is 24.3 Å². The SMILES string of the molecule is CS(=O)(=O)c1ccc(CC(=O)Nc2ccccc2C(N)=O)cc1. The summed E-state index contributed by atoms with van der Waals surface area (Å²) in [5, 5.41) is 2.63. The lowest BCUT2D eigenvalue weighted by atomic mass is 10.1. The topological polar surface area (TPSA) is 106 Å². The van der Waals surface area contributed by atoms with Gasteiger partial charge in [-0.2, -0.15) is 0 Å². The van der Waals surface area contributed by atoms with Gasteiger partial charge in [-0.15, -0.1) is 0 Å². The summed E-state index contributed by atoms with van der Waals surface area (Å²) in [5.74, 6) is -0.954. The highest BCUT2D eigenvalue weighted by Crippen LogP contribution is 2.15. The van der Waals surface area contributed by atoms with Crippen LogP contribution in [0.15, 0.2) is 53.4 Å². The zero-order valence-electron chi connectivity index (χ0n) is 12.4. The summed E-state index contributed by atoms with van der Waals surface area (Å²) >= 11 is 0. The summed E-state index contributed by atoms with van der Waals surface area (Å²) in [4.78, 5) is 23.6. The van der Waals surface area contributed by atoms with Crippen LogP contribution in [0.3, 0.4) is 0 Å². The van der Waals surface area contributed by atoms with E-state index in [1.807, 2.05) is 0 Å². The molecule has 7 heteroatoms. The molecule has 0 aliphatic heterocycles. The first kappa shape index (κ1) is 16.7. The molecule has 0 aromatic heterocycles. The molecular weight excluding hydrogens is 316 g/mol. The molecule has 0 bridgehead atoms. The number of benzene rings is 2. The van der Waals surface area contributed by atoms with Gasteiger partial charge < -0.3 is 11.1 Å². The largest absolute Gasteiger partial charge is 0.366 e. The number of hydrogen-bond acceptors (Lipinski definition) is 4. The van der Waals surface area contributed by atoms with Gasteiger partial charge in [0.2, 0.25) is 5.91 Å². The van der Waals surface area contributed by atoms with Crippen LogP contribution >= 0.6 is 0 Å². The van der Waals surface area contributed by atoms with E-state index >= 15 is 0 Å². The number of carbonyl (C=O) groups is 2. The van der Waals surface area contributed by atoms with Gasteiger partial charge >= 0.3 is 0 Å². The molecule has 6 nitrogen and oxygen atoms in total. The van der Waals surface area contributed by atoms with Gasteiger partial charge in [-0.3, -0.25) is 9.59 Å². The summed E-state index contributed by atoms with van der Waals surface area (Å²) in [6.07, 6.45) is 1.17. The van der Waals surface area contributed by atoms with Crippen LogP contribution in [0.1, 0.15) is 15.9 Å². The van der Waals surface area contributed by atoms with Gasteiger partial charge in [0, 0.05) is 6.26 Å². The Hall–Kier alpha value is -2.67.